The van der Waals surface area contributed by atoms with E-state index in [4.69, 9.17) is 5.11 Å². The van der Waals surface area contributed by atoms with Crippen LogP contribution >= 0.6 is 0 Å². The highest BCUT2D eigenvalue weighted by Gasteiger charge is 2.19. The van der Waals surface area contributed by atoms with Gasteiger partial charge in [0.25, 0.3) is 5.91 Å². The molecule has 0 radical (unpaired) electrons. The lowest BCUT2D eigenvalue weighted by atomic mass is 10.1. The number of aliphatic hydroxyl groups excluding tert-OH is 1. The third-order valence-corrected chi connectivity index (χ3v) is 2.78. The number of hydrogen-bond acceptors (Lipinski definition) is 3. The number of amides is 1. The van der Waals surface area contributed by atoms with Crippen molar-refractivity contribution in [3.63, 3.8) is 0 Å². The second-order valence-corrected chi connectivity index (χ2v) is 3.90. The van der Waals surface area contributed by atoms with Gasteiger partial charge in [0.15, 0.2) is 0 Å². The molecule has 1 amide bonds. The van der Waals surface area contributed by atoms with Crippen LogP contribution in [0.3, 0.4) is 0 Å². The first-order valence-corrected chi connectivity index (χ1v) is 5.15. The Balaban J connectivity index is 3.01. The molecule has 4 heteroatoms. The predicted octanol–water partition coefficient (Wildman–Crippen LogP) is 1.15. The quantitative estimate of drug-likeness (QED) is 0.808. The maximum Gasteiger partial charge on any atom is 0.254 e. The van der Waals surface area contributed by atoms with Gasteiger partial charge in [0, 0.05) is 18.2 Å². The van der Waals surface area contributed by atoms with E-state index in [0.29, 0.717) is 11.1 Å². The van der Waals surface area contributed by atoms with Crippen LogP contribution in [0.15, 0.2) is 18.2 Å². The molecule has 1 rings (SSSR count). The number of aromatic hydroxyl groups is 1. The molecule has 0 fully saturated rings. The minimum atomic E-state index is -0.241. The minimum Gasteiger partial charge on any atom is -0.508 e. The molecule has 0 aliphatic carbocycles. The molecule has 0 saturated heterocycles. The van der Waals surface area contributed by atoms with E-state index in [0.717, 1.165) is 0 Å². The molecule has 1 unspecified atom stereocenters. The van der Waals surface area contributed by atoms with E-state index in [1.165, 1.54) is 4.90 Å². The van der Waals surface area contributed by atoms with E-state index in [1.807, 2.05) is 0 Å². The van der Waals surface area contributed by atoms with Crippen LogP contribution in [0.2, 0.25) is 0 Å². The Kier molecular flexibility index (Phi) is 3.90. The summed E-state index contributed by atoms with van der Waals surface area (Å²) in [5.41, 5.74) is 1.02. The molecule has 88 valence electrons. The predicted molar refractivity (Wildman–Crippen MR) is 61.5 cm³/mol. The van der Waals surface area contributed by atoms with Crippen LogP contribution in [0.4, 0.5) is 0 Å². The van der Waals surface area contributed by atoms with Crippen LogP contribution < -0.4 is 0 Å². The smallest absolute Gasteiger partial charge is 0.254 e. The molecule has 0 aromatic heterocycles. The van der Waals surface area contributed by atoms with Crippen molar-refractivity contribution in [3.05, 3.63) is 29.3 Å². The fraction of sp³-hybridized carbons (Fsp3) is 0.417. The summed E-state index contributed by atoms with van der Waals surface area (Å²) in [6.45, 7) is 3.37. The van der Waals surface area contributed by atoms with Crippen LogP contribution in [0.25, 0.3) is 0 Å². The molecule has 1 atom stereocenters. The number of aliphatic hydroxyl groups is 1. The van der Waals surface area contributed by atoms with Crippen LogP contribution in [0.5, 0.6) is 5.75 Å². The molecule has 0 aliphatic heterocycles. The summed E-state index contributed by atoms with van der Waals surface area (Å²) in [6, 6.07) is 4.60. The van der Waals surface area contributed by atoms with Gasteiger partial charge in [-0.05, 0) is 26.0 Å². The van der Waals surface area contributed by atoms with Crippen molar-refractivity contribution in [2.45, 2.75) is 19.9 Å². The van der Waals surface area contributed by atoms with Crippen LogP contribution in [-0.4, -0.2) is 40.7 Å². The van der Waals surface area contributed by atoms with E-state index in [1.54, 1.807) is 39.1 Å². The number of carbonyl (C=O) groups excluding carboxylic acids is 1. The van der Waals surface area contributed by atoms with E-state index >= 15 is 0 Å². The van der Waals surface area contributed by atoms with Crippen molar-refractivity contribution in [2.24, 2.45) is 0 Å². The van der Waals surface area contributed by atoms with Gasteiger partial charge >= 0.3 is 0 Å². The average molecular weight is 223 g/mol. The summed E-state index contributed by atoms with van der Waals surface area (Å²) in [4.78, 5) is 13.5. The lowest BCUT2D eigenvalue weighted by Crippen LogP contribution is -2.37. The van der Waals surface area contributed by atoms with Crippen molar-refractivity contribution >= 4 is 5.91 Å². The zero-order valence-electron chi connectivity index (χ0n) is 9.77. The number of benzene rings is 1. The number of carbonyl (C=O) groups is 1. The lowest BCUT2D eigenvalue weighted by molar-refractivity contribution is 0.0681. The molecule has 16 heavy (non-hydrogen) atoms. The monoisotopic (exact) mass is 223 g/mol. The average Bonchev–Trinajstić information content (AvgIpc) is 2.29. The summed E-state index contributed by atoms with van der Waals surface area (Å²) in [5.74, 6) is -0.0918. The zero-order valence-corrected chi connectivity index (χ0v) is 9.77. The van der Waals surface area contributed by atoms with Gasteiger partial charge in [-0.2, -0.15) is 0 Å². The normalized spacial score (nSPS) is 12.2. The van der Waals surface area contributed by atoms with Crippen LogP contribution in [0.1, 0.15) is 22.8 Å². The molecule has 1 aromatic rings. The number of likely N-dealkylation sites (N-methyl/N-ethyl adjacent to an activating group) is 1. The first kappa shape index (κ1) is 12.5. The van der Waals surface area contributed by atoms with Gasteiger partial charge in [0.1, 0.15) is 5.75 Å². The molecule has 0 saturated carbocycles. The number of hydrogen-bond donors (Lipinski definition) is 2. The van der Waals surface area contributed by atoms with Crippen molar-refractivity contribution in [2.75, 3.05) is 13.7 Å². The fourth-order valence-electron chi connectivity index (χ4n) is 1.37. The summed E-state index contributed by atoms with van der Waals surface area (Å²) in [7, 11) is 1.63. The Morgan fingerprint density at radius 2 is 2.12 bits per heavy atom. The zero-order chi connectivity index (χ0) is 12.3. The van der Waals surface area contributed by atoms with E-state index in [-0.39, 0.29) is 24.3 Å². The summed E-state index contributed by atoms with van der Waals surface area (Å²) < 4.78 is 0. The van der Waals surface area contributed by atoms with Gasteiger partial charge in [0.05, 0.1) is 12.6 Å². The van der Waals surface area contributed by atoms with E-state index in [9.17, 15) is 9.90 Å². The van der Waals surface area contributed by atoms with Gasteiger partial charge in [-0.1, -0.05) is 6.07 Å². The number of phenols is 1. The SMILES string of the molecule is Cc1c(O)cccc1C(=O)N(C)C(C)CO. The fourth-order valence-corrected chi connectivity index (χ4v) is 1.37. The minimum absolute atomic E-state index is 0.0832. The third kappa shape index (κ3) is 2.33. The summed E-state index contributed by atoms with van der Waals surface area (Å²) in [6.07, 6.45) is 0. The standard InChI is InChI=1S/C12H17NO3/c1-8(7-14)13(3)12(16)10-5-4-6-11(15)9(10)2/h4-6,8,14-15H,7H2,1-3H3. The summed E-state index contributed by atoms with van der Waals surface area (Å²) >= 11 is 0. The maximum atomic E-state index is 12.0. The number of nitrogens with zero attached hydrogens (tertiary/aromatic N) is 1. The molecule has 1 aromatic carbocycles. The van der Waals surface area contributed by atoms with Crippen molar-refractivity contribution in [3.8, 4) is 5.75 Å². The first-order chi connectivity index (χ1) is 7.49. The maximum absolute atomic E-state index is 12.0. The summed E-state index contributed by atoms with van der Waals surface area (Å²) in [5, 5.41) is 18.5. The molecule has 4 nitrogen and oxygen atoms in total. The van der Waals surface area contributed by atoms with Gasteiger partial charge in [-0.15, -0.1) is 0 Å². The second-order valence-electron chi connectivity index (χ2n) is 3.90. The largest absolute Gasteiger partial charge is 0.508 e. The third-order valence-electron chi connectivity index (χ3n) is 2.78. The molecule has 0 aliphatic rings. The topological polar surface area (TPSA) is 60.8 Å². The van der Waals surface area contributed by atoms with Crippen molar-refractivity contribution in [1.82, 2.24) is 4.90 Å². The first-order valence-electron chi connectivity index (χ1n) is 5.15. The Bertz CT molecular complexity index is 390. The van der Waals surface area contributed by atoms with Gasteiger partial charge in [-0.3, -0.25) is 4.79 Å². The van der Waals surface area contributed by atoms with E-state index < -0.39 is 0 Å². The van der Waals surface area contributed by atoms with Gasteiger partial charge in [0.2, 0.25) is 0 Å². The Hall–Kier alpha value is -1.55. The van der Waals surface area contributed by atoms with Crippen LogP contribution in [0, 0.1) is 6.92 Å². The van der Waals surface area contributed by atoms with Crippen molar-refractivity contribution < 1.29 is 15.0 Å². The van der Waals surface area contributed by atoms with Crippen LogP contribution in [-0.2, 0) is 0 Å². The highest BCUT2D eigenvalue weighted by molar-refractivity contribution is 5.96. The molecule has 0 heterocycles. The van der Waals surface area contributed by atoms with E-state index in [2.05, 4.69) is 0 Å². The molecule has 0 spiro atoms. The number of phenolic OH excluding ortho intramolecular Hbond substituents is 1. The highest BCUT2D eigenvalue weighted by Crippen LogP contribution is 2.21. The molecule has 2 N–H and O–H groups in total. The Morgan fingerprint density at radius 1 is 1.50 bits per heavy atom. The molecular formula is C12H17NO3. The lowest BCUT2D eigenvalue weighted by Gasteiger charge is -2.24. The van der Waals surface area contributed by atoms with Crippen molar-refractivity contribution in [1.29, 1.82) is 0 Å². The Morgan fingerprint density at radius 3 is 2.69 bits per heavy atom. The van der Waals surface area contributed by atoms with Gasteiger partial charge in [-0.25, -0.2) is 0 Å². The highest BCUT2D eigenvalue weighted by atomic mass is 16.3. The second kappa shape index (κ2) is 4.99. The van der Waals surface area contributed by atoms with Gasteiger partial charge < -0.3 is 15.1 Å². The Labute approximate surface area is 95.1 Å². The number of rotatable bonds is 3. The molecular weight excluding hydrogens is 206 g/mol. The molecule has 0 bridgehead atoms.